The molecule has 0 amide bonds. The molecule has 1 aliphatic rings. The Bertz CT molecular complexity index is 872. The van der Waals surface area contributed by atoms with Gasteiger partial charge in [0.1, 0.15) is 0 Å². The van der Waals surface area contributed by atoms with Gasteiger partial charge in [-0.15, -0.1) is 5.10 Å². The second kappa shape index (κ2) is 6.06. The lowest BCUT2D eigenvalue weighted by Gasteiger charge is -2.28. The number of rotatable bonds is 3. The molecule has 3 aromatic rings. The first-order chi connectivity index (χ1) is 11.3. The Balaban J connectivity index is 1.54. The highest BCUT2D eigenvalue weighted by Crippen LogP contribution is 2.20. The van der Waals surface area contributed by atoms with Crippen LogP contribution in [0.3, 0.4) is 0 Å². The van der Waals surface area contributed by atoms with E-state index in [4.69, 9.17) is 16.6 Å². The Labute approximate surface area is 139 Å². The maximum Gasteiger partial charge on any atom is 0.288 e. The van der Waals surface area contributed by atoms with Crippen LogP contribution in [0.2, 0.25) is 0 Å². The van der Waals surface area contributed by atoms with E-state index in [2.05, 4.69) is 39.2 Å². The summed E-state index contributed by atoms with van der Waals surface area (Å²) in [5.41, 5.74) is 3.70. The first-order valence-electron chi connectivity index (χ1n) is 7.57. The molecule has 116 valence electrons. The molecule has 0 saturated carbocycles. The van der Waals surface area contributed by atoms with Gasteiger partial charge in [0.05, 0.1) is 6.67 Å². The summed E-state index contributed by atoms with van der Waals surface area (Å²) in [5, 5.41) is 4.51. The summed E-state index contributed by atoms with van der Waals surface area (Å²) >= 11 is 5.31. The quantitative estimate of drug-likeness (QED) is 0.692. The summed E-state index contributed by atoms with van der Waals surface area (Å²) in [4.78, 5) is 6.73. The van der Waals surface area contributed by atoms with Crippen molar-refractivity contribution in [3.8, 4) is 11.5 Å². The minimum Gasteiger partial charge on any atom is -0.409 e. The van der Waals surface area contributed by atoms with E-state index in [0.717, 1.165) is 25.1 Å². The topological polar surface area (TPSA) is 47.1 Å². The second-order valence-electron chi connectivity index (χ2n) is 5.62. The Morgan fingerprint density at radius 1 is 1.09 bits per heavy atom. The molecule has 0 N–H and O–H groups in total. The van der Waals surface area contributed by atoms with Crippen molar-refractivity contribution in [1.82, 2.24) is 19.7 Å². The summed E-state index contributed by atoms with van der Waals surface area (Å²) in [5.74, 6) is 0.537. The Morgan fingerprint density at radius 2 is 1.87 bits per heavy atom. The van der Waals surface area contributed by atoms with Crippen LogP contribution in [-0.4, -0.2) is 26.2 Å². The molecule has 5 nitrogen and oxygen atoms in total. The van der Waals surface area contributed by atoms with Crippen molar-refractivity contribution in [3.63, 3.8) is 0 Å². The molecular weight excluding hydrogens is 308 g/mol. The molecule has 0 saturated heterocycles. The summed E-state index contributed by atoms with van der Waals surface area (Å²) in [7, 11) is 0. The lowest BCUT2D eigenvalue weighted by molar-refractivity contribution is 0.186. The highest BCUT2D eigenvalue weighted by molar-refractivity contribution is 7.71. The number of pyridine rings is 1. The fourth-order valence-electron chi connectivity index (χ4n) is 2.87. The smallest absolute Gasteiger partial charge is 0.288 e. The molecule has 0 fully saturated rings. The van der Waals surface area contributed by atoms with Crippen molar-refractivity contribution < 1.29 is 4.42 Å². The van der Waals surface area contributed by atoms with E-state index in [-0.39, 0.29) is 0 Å². The van der Waals surface area contributed by atoms with Crippen LogP contribution in [0.1, 0.15) is 11.1 Å². The third-order valence-electron chi connectivity index (χ3n) is 4.08. The van der Waals surface area contributed by atoms with Crippen molar-refractivity contribution in [1.29, 1.82) is 0 Å². The van der Waals surface area contributed by atoms with Crippen LogP contribution in [0, 0.1) is 4.84 Å². The third-order valence-corrected chi connectivity index (χ3v) is 4.37. The predicted octanol–water partition coefficient (Wildman–Crippen LogP) is 3.28. The Kier molecular flexibility index (Phi) is 3.77. The first-order valence-corrected chi connectivity index (χ1v) is 7.98. The molecule has 1 aliphatic heterocycles. The standard InChI is InChI=1S/C17H16N4OS/c23-17-21(19-16(22-17)14-5-8-18-9-6-14)12-20-10-7-13-3-1-2-4-15(13)11-20/h1-6,8-9H,7,10-12H2. The van der Waals surface area contributed by atoms with Crippen molar-refractivity contribution >= 4 is 12.2 Å². The average molecular weight is 324 g/mol. The van der Waals surface area contributed by atoms with Gasteiger partial charge >= 0.3 is 0 Å². The van der Waals surface area contributed by atoms with E-state index < -0.39 is 0 Å². The van der Waals surface area contributed by atoms with E-state index in [9.17, 15) is 0 Å². The zero-order valence-electron chi connectivity index (χ0n) is 12.6. The van der Waals surface area contributed by atoms with Crippen molar-refractivity contribution in [2.24, 2.45) is 0 Å². The summed E-state index contributed by atoms with van der Waals surface area (Å²) in [6, 6.07) is 12.3. The van der Waals surface area contributed by atoms with E-state index in [1.54, 1.807) is 17.1 Å². The molecular formula is C17H16N4OS. The Morgan fingerprint density at radius 3 is 2.70 bits per heavy atom. The van der Waals surface area contributed by atoms with E-state index in [1.165, 1.54) is 11.1 Å². The number of fused-ring (bicyclic) bond motifs is 1. The number of nitrogens with zero attached hydrogens (tertiary/aromatic N) is 4. The number of benzene rings is 1. The van der Waals surface area contributed by atoms with Crippen molar-refractivity contribution in [2.45, 2.75) is 19.6 Å². The molecule has 0 bridgehead atoms. The number of hydrogen-bond acceptors (Lipinski definition) is 5. The predicted molar refractivity (Wildman–Crippen MR) is 89.1 cm³/mol. The van der Waals surface area contributed by atoms with Gasteiger partial charge < -0.3 is 4.42 Å². The Hall–Kier alpha value is -2.31. The van der Waals surface area contributed by atoms with Crippen LogP contribution in [0.4, 0.5) is 0 Å². The molecule has 0 unspecified atom stereocenters. The van der Waals surface area contributed by atoms with Crippen molar-refractivity contribution in [2.75, 3.05) is 6.54 Å². The normalized spacial score (nSPS) is 14.6. The van der Waals surface area contributed by atoms with Gasteiger partial charge in [-0.05, 0) is 41.9 Å². The fourth-order valence-corrected chi connectivity index (χ4v) is 3.05. The number of aromatic nitrogens is 3. The highest BCUT2D eigenvalue weighted by atomic mass is 32.1. The lowest BCUT2D eigenvalue weighted by atomic mass is 10.0. The SMILES string of the molecule is S=c1oc(-c2ccncc2)nn1CN1CCc2ccccc2C1. The van der Waals surface area contributed by atoms with Gasteiger partial charge in [-0.2, -0.15) is 0 Å². The van der Waals surface area contributed by atoms with Gasteiger partial charge in [-0.25, -0.2) is 4.68 Å². The van der Waals surface area contributed by atoms with Gasteiger partial charge in [0.25, 0.3) is 4.84 Å². The maximum atomic E-state index is 5.62. The summed E-state index contributed by atoms with van der Waals surface area (Å²) in [6.07, 6.45) is 4.49. The summed E-state index contributed by atoms with van der Waals surface area (Å²) < 4.78 is 7.37. The molecule has 0 aliphatic carbocycles. The molecule has 2 aromatic heterocycles. The first kappa shape index (κ1) is 14.3. The largest absolute Gasteiger partial charge is 0.409 e. The molecule has 4 rings (SSSR count). The lowest BCUT2D eigenvalue weighted by Crippen LogP contribution is -2.32. The van der Waals surface area contributed by atoms with Gasteiger partial charge in [-0.1, -0.05) is 24.3 Å². The molecule has 6 heteroatoms. The highest BCUT2D eigenvalue weighted by Gasteiger charge is 2.17. The number of hydrogen-bond donors (Lipinski definition) is 0. The zero-order valence-corrected chi connectivity index (χ0v) is 13.4. The minimum absolute atomic E-state index is 0.399. The van der Waals surface area contributed by atoms with Crippen molar-refractivity contribution in [3.05, 3.63) is 64.8 Å². The van der Waals surface area contributed by atoms with E-state index >= 15 is 0 Å². The second-order valence-corrected chi connectivity index (χ2v) is 5.97. The minimum atomic E-state index is 0.399. The molecule has 3 heterocycles. The third kappa shape index (κ3) is 2.95. The van der Waals surface area contributed by atoms with E-state index in [1.807, 2.05) is 12.1 Å². The van der Waals surface area contributed by atoms with Gasteiger partial charge in [0, 0.05) is 31.0 Å². The summed E-state index contributed by atoms with van der Waals surface area (Å²) in [6.45, 7) is 2.55. The molecule has 1 aromatic carbocycles. The molecule has 23 heavy (non-hydrogen) atoms. The fraction of sp³-hybridized carbons (Fsp3) is 0.235. The van der Waals surface area contributed by atoms with Gasteiger partial charge in [-0.3, -0.25) is 9.88 Å². The van der Waals surface area contributed by atoms with Crippen LogP contribution >= 0.6 is 12.2 Å². The van der Waals surface area contributed by atoms with Crippen LogP contribution in [0.5, 0.6) is 0 Å². The van der Waals surface area contributed by atoms with Crippen LogP contribution in [-0.2, 0) is 19.6 Å². The van der Waals surface area contributed by atoms with Gasteiger partial charge in [0.2, 0.25) is 5.89 Å². The average Bonchev–Trinajstić information content (AvgIpc) is 2.96. The molecule has 0 radical (unpaired) electrons. The molecule has 0 atom stereocenters. The zero-order chi connectivity index (χ0) is 15.6. The monoisotopic (exact) mass is 324 g/mol. The van der Waals surface area contributed by atoms with Crippen LogP contribution < -0.4 is 0 Å². The molecule has 0 spiro atoms. The van der Waals surface area contributed by atoms with Gasteiger partial charge in [0.15, 0.2) is 0 Å². The van der Waals surface area contributed by atoms with Crippen LogP contribution in [0.25, 0.3) is 11.5 Å². The van der Waals surface area contributed by atoms with Crippen LogP contribution in [0.15, 0.2) is 53.2 Å². The maximum absolute atomic E-state index is 5.62. The van der Waals surface area contributed by atoms with E-state index in [0.29, 0.717) is 17.4 Å².